The van der Waals surface area contributed by atoms with Gasteiger partial charge in [0.2, 0.25) is 0 Å². The number of hydrogen-bond acceptors (Lipinski definition) is 4. The summed E-state index contributed by atoms with van der Waals surface area (Å²) in [7, 11) is 1.80. The van der Waals surface area contributed by atoms with Crippen LogP contribution in [0.4, 0.5) is 4.39 Å². The number of carbonyl (C=O) groups is 1. The normalized spacial score (nSPS) is 18.4. The Hall–Kier alpha value is -3.61. The summed E-state index contributed by atoms with van der Waals surface area (Å²) in [5.74, 6) is -1.58. The molecule has 30 heavy (non-hydrogen) atoms. The molecule has 1 aliphatic carbocycles. The number of nitrogens with zero attached hydrogens (tertiary/aromatic N) is 4. The van der Waals surface area contributed by atoms with Crippen LogP contribution in [0.15, 0.2) is 70.9 Å². The molecule has 0 radical (unpaired) electrons. The number of carbonyl (C=O) groups excluding carboxylic acids is 1. The third-order valence-electron chi connectivity index (χ3n) is 5.10. The number of rotatable bonds is 4. The molecule has 1 atom stereocenters. The minimum Gasteiger partial charge on any atom is -0.364 e. The van der Waals surface area contributed by atoms with Gasteiger partial charge in [-0.25, -0.2) is 9.38 Å². The second kappa shape index (κ2) is 7.67. The van der Waals surface area contributed by atoms with Crippen molar-refractivity contribution in [2.45, 2.75) is 20.3 Å². The molecule has 1 amide bonds. The van der Waals surface area contributed by atoms with E-state index in [0.717, 1.165) is 28.1 Å². The van der Waals surface area contributed by atoms with Crippen molar-refractivity contribution in [3.63, 3.8) is 0 Å². The van der Waals surface area contributed by atoms with Crippen molar-refractivity contribution in [2.75, 3.05) is 0 Å². The van der Waals surface area contributed by atoms with Crippen LogP contribution in [0, 0.1) is 19.8 Å². The Morgan fingerprint density at radius 2 is 2.00 bits per heavy atom. The number of pyridine rings is 1. The molecule has 3 heterocycles. The lowest BCUT2D eigenvalue weighted by Gasteiger charge is -2.22. The SMILES string of the molecule is Cc1cc(CC2=CC=CC3C(c4cnn(C)c4)=CC(C(N)=O)=NC3=C2F)cc(C)n1. The summed E-state index contributed by atoms with van der Waals surface area (Å²) in [6.07, 6.45) is 11.0. The zero-order chi connectivity index (χ0) is 21.4. The van der Waals surface area contributed by atoms with Crippen molar-refractivity contribution in [1.82, 2.24) is 14.8 Å². The molecule has 2 N–H and O–H groups in total. The van der Waals surface area contributed by atoms with Gasteiger partial charge in [0.15, 0.2) is 0 Å². The Labute approximate surface area is 174 Å². The Morgan fingerprint density at radius 1 is 1.27 bits per heavy atom. The first-order valence-corrected chi connectivity index (χ1v) is 9.62. The molecule has 1 unspecified atom stereocenters. The van der Waals surface area contributed by atoms with Crippen LogP contribution >= 0.6 is 0 Å². The number of halogens is 1. The average molecular weight is 403 g/mol. The largest absolute Gasteiger partial charge is 0.364 e. The van der Waals surface area contributed by atoms with Gasteiger partial charge in [0.25, 0.3) is 5.91 Å². The second-order valence-electron chi connectivity index (χ2n) is 7.55. The Balaban J connectivity index is 1.79. The highest BCUT2D eigenvalue weighted by molar-refractivity contribution is 6.44. The highest BCUT2D eigenvalue weighted by Gasteiger charge is 2.30. The molecule has 0 aromatic carbocycles. The molecule has 0 saturated carbocycles. The third kappa shape index (κ3) is 3.78. The van der Waals surface area contributed by atoms with Crippen LogP contribution in [0.25, 0.3) is 5.57 Å². The first-order valence-electron chi connectivity index (χ1n) is 9.62. The van der Waals surface area contributed by atoms with Crippen molar-refractivity contribution in [1.29, 1.82) is 0 Å². The highest BCUT2D eigenvalue weighted by Crippen LogP contribution is 2.39. The predicted octanol–water partition coefficient (Wildman–Crippen LogP) is 3.29. The summed E-state index contributed by atoms with van der Waals surface area (Å²) >= 11 is 0. The van der Waals surface area contributed by atoms with E-state index >= 15 is 4.39 Å². The molecule has 6 nitrogen and oxygen atoms in total. The number of dihydropyridines is 1. The van der Waals surface area contributed by atoms with E-state index in [1.54, 1.807) is 30.1 Å². The molecule has 0 bridgehead atoms. The van der Waals surface area contributed by atoms with Gasteiger partial charge in [-0.2, -0.15) is 5.10 Å². The van der Waals surface area contributed by atoms with E-state index < -0.39 is 17.7 Å². The van der Waals surface area contributed by atoms with Gasteiger partial charge >= 0.3 is 0 Å². The van der Waals surface area contributed by atoms with Gasteiger partial charge in [0.1, 0.15) is 11.5 Å². The first-order chi connectivity index (χ1) is 14.3. The summed E-state index contributed by atoms with van der Waals surface area (Å²) in [5, 5.41) is 4.20. The van der Waals surface area contributed by atoms with Crippen LogP contribution in [0.2, 0.25) is 0 Å². The van der Waals surface area contributed by atoms with Crippen molar-refractivity contribution < 1.29 is 9.18 Å². The van der Waals surface area contributed by atoms with Crippen molar-refractivity contribution in [3.05, 3.63) is 88.4 Å². The Kier molecular flexibility index (Phi) is 5.03. The Bertz CT molecular complexity index is 1180. The fraction of sp³-hybridized carbons (Fsp3) is 0.217. The summed E-state index contributed by atoms with van der Waals surface area (Å²) in [5.41, 5.74) is 10.5. The standard InChI is InChI=1S/C23H22FN5O/c1-13-7-15(8-14(2)27-13)9-16-5-4-6-18-19(17-11-26-29(3)12-17)10-20(23(25)30)28-22(18)21(16)24/h4-8,10-12,18H,9H2,1-3H3,(H2,25,30). The number of nitrogens with two attached hydrogens (primary N) is 1. The fourth-order valence-electron chi connectivity index (χ4n) is 3.86. The van der Waals surface area contributed by atoms with Crippen molar-refractivity contribution in [3.8, 4) is 0 Å². The zero-order valence-corrected chi connectivity index (χ0v) is 17.1. The molecular weight excluding hydrogens is 381 g/mol. The first kappa shape index (κ1) is 19.7. The van der Waals surface area contributed by atoms with E-state index in [1.165, 1.54) is 0 Å². The molecule has 0 saturated heterocycles. The molecule has 0 spiro atoms. The van der Waals surface area contributed by atoms with E-state index in [9.17, 15) is 4.79 Å². The van der Waals surface area contributed by atoms with Crippen molar-refractivity contribution in [2.24, 2.45) is 23.7 Å². The number of fused-ring (bicyclic) bond motifs is 1. The molecule has 152 valence electrons. The average Bonchev–Trinajstić information content (AvgIpc) is 3.05. The molecular formula is C23H22FN5O. The smallest absolute Gasteiger partial charge is 0.267 e. The van der Waals surface area contributed by atoms with E-state index in [-0.39, 0.29) is 11.4 Å². The van der Waals surface area contributed by atoms with E-state index in [4.69, 9.17) is 5.73 Å². The third-order valence-corrected chi connectivity index (χ3v) is 5.10. The lowest BCUT2D eigenvalue weighted by molar-refractivity contribution is -0.111. The summed E-state index contributed by atoms with van der Waals surface area (Å²) < 4.78 is 17.4. The van der Waals surface area contributed by atoms with Crippen LogP contribution < -0.4 is 5.73 Å². The number of hydrogen-bond donors (Lipinski definition) is 1. The van der Waals surface area contributed by atoms with E-state index in [2.05, 4.69) is 15.1 Å². The van der Waals surface area contributed by atoms with Gasteiger partial charge in [-0.1, -0.05) is 18.2 Å². The molecule has 2 aliphatic rings. The summed E-state index contributed by atoms with van der Waals surface area (Å²) in [4.78, 5) is 20.6. The number of aromatic nitrogens is 3. The number of aliphatic imine (C=N–C) groups is 1. The molecule has 1 aliphatic heterocycles. The van der Waals surface area contributed by atoms with Crippen LogP contribution in [-0.2, 0) is 18.3 Å². The van der Waals surface area contributed by atoms with Crippen LogP contribution in [0.3, 0.4) is 0 Å². The number of primary amides is 1. The van der Waals surface area contributed by atoms with Gasteiger partial charge in [-0.15, -0.1) is 0 Å². The molecule has 7 heteroatoms. The minimum absolute atomic E-state index is 0.0282. The number of aryl methyl sites for hydroxylation is 3. The van der Waals surface area contributed by atoms with Gasteiger partial charge in [0.05, 0.1) is 11.9 Å². The fourth-order valence-corrected chi connectivity index (χ4v) is 3.86. The van der Waals surface area contributed by atoms with Gasteiger partial charge < -0.3 is 5.73 Å². The quantitative estimate of drug-likeness (QED) is 0.850. The molecule has 4 rings (SSSR count). The predicted molar refractivity (Wildman–Crippen MR) is 114 cm³/mol. The van der Waals surface area contributed by atoms with Crippen LogP contribution in [0.1, 0.15) is 22.5 Å². The molecule has 2 aromatic heterocycles. The van der Waals surface area contributed by atoms with Gasteiger partial charge in [-0.05, 0) is 48.8 Å². The molecule has 0 fully saturated rings. The lowest BCUT2D eigenvalue weighted by Crippen LogP contribution is -2.26. The van der Waals surface area contributed by atoms with Crippen LogP contribution in [0.5, 0.6) is 0 Å². The summed E-state index contributed by atoms with van der Waals surface area (Å²) in [6.45, 7) is 3.83. The maximum absolute atomic E-state index is 15.7. The second-order valence-corrected chi connectivity index (χ2v) is 7.55. The topological polar surface area (TPSA) is 86.2 Å². The number of amides is 1. The molecule has 2 aromatic rings. The van der Waals surface area contributed by atoms with Crippen LogP contribution in [-0.4, -0.2) is 26.4 Å². The highest BCUT2D eigenvalue weighted by atomic mass is 19.1. The zero-order valence-electron chi connectivity index (χ0n) is 17.1. The van der Waals surface area contributed by atoms with E-state index in [0.29, 0.717) is 12.0 Å². The lowest BCUT2D eigenvalue weighted by atomic mass is 9.87. The summed E-state index contributed by atoms with van der Waals surface area (Å²) in [6, 6.07) is 3.88. The minimum atomic E-state index is -0.700. The van der Waals surface area contributed by atoms with Crippen molar-refractivity contribution >= 4 is 17.2 Å². The maximum atomic E-state index is 15.7. The van der Waals surface area contributed by atoms with Gasteiger partial charge in [-0.3, -0.25) is 14.5 Å². The Morgan fingerprint density at radius 3 is 2.63 bits per heavy atom. The van der Waals surface area contributed by atoms with E-state index in [1.807, 2.05) is 44.3 Å². The number of allylic oxidation sites excluding steroid dienone is 5. The van der Waals surface area contributed by atoms with Gasteiger partial charge in [0, 0.05) is 42.5 Å². The monoisotopic (exact) mass is 403 g/mol. The maximum Gasteiger partial charge on any atom is 0.267 e.